The first-order valence-electron chi connectivity index (χ1n) is 10.4. The zero-order chi connectivity index (χ0) is 20.9. The fraction of sp³-hybridized carbons (Fsp3) is 0.320. The number of ether oxygens (including phenoxy) is 2. The lowest BCUT2D eigenvalue weighted by atomic mass is 10.0. The van der Waals surface area contributed by atoms with Crippen molar-refractivity contribution in [2.24, 2.45) is 0 Å². The van der Waals surface area contributed by atoms with Gasteiger partial charge in [0.25, 0.3) is 0 Å². The van der Waals surface area contributed by atoms with Crippen molar-refractivity contribution in [3.63, 3.8) is 0 Å². The predicted molar refractivity (Wildman–Crippen MR) is 128 cm³/mol. The maximum Gasteiger partial charge on any atom is 0.164 e. The highest BCUT2D eigenvalue weighted by Crippen LogP contribution is 2.33. The minimum atomic E-state index is 0. The van der Waals surface area contributed by atoms with E-state index in [1.54, 1.807) is 31.4 Å². The van der Waals surface area contributed by atoms with Gasteiger partial charge in [0.2, 0.25) is 0 Å². The van der Waals surface area contributed by atoms with Crippen LogP contribution < -0.4 is 9.47 Å². The number of halogens is 2. The maximum atomic E-state index is 12.4. The molecule has 0 unspecified atom stereocenters. The molecule has 0 bridgehead atoms. The Balaban J connectivity index is 0.00000272. The zero-order valence-corrected chi connectivity index (χ0v) is 19.1. The van der Waals surface area contributed by atoms with Crippen LogP contribution in [0.5, 0.6) is 11.5 Å². The third kappa shape index (κ3) is 5.70. The van der Waals surface area contributed by atoms with E-state index in [1.165, 1.54) is 0 Å². The van der Waals surface area contributed by atoms with Crippen molar-refractivity contribution in [2.45, 2.75) is 25.4 Å². The Labute approximate surface area is 194 Å². The molecular formula is C25H27Cl2NO3. The zero-order valence-electron chi connectivity index (χ0n) is 17.6. The average molecular weight is 460 g/mol. The quantitative estimate of drug-likeness (QED) is 0.403. The Morgan fingerprint density at radius 3 is 2.23 bits per heavy atom. The number of hydrogen-bond donors (Lipinski definition) is 0. The van der Waals surface area contributed by atoms with Crippen LogP contribution in [-0.4, -0.2) is 43.5 Å². The lowest BCUT2D eigenvalue weighted by molar-refractivity contribution is 0.0881. The van der Waals surface area contributed by atoms with Gasteiger partial charge >= 0.3 is 0 Å². The van der Waals surface area contributed by atoms with Crippen molar-refractivity contribution in [1.82, 2.24) is 4.90 Å². The number of benzene rings is 3. The first-order chi connectivity index (χ1) is 14.6. The Hall–Kier alpha value is -2.27. The summed E-state index contributed by atoms with van der Waals surface area (Å²) in [5.41, 5.74) is 0.726. The molecule has 164 valence electrons. The Kier molecular flexibility index (Phi) is 8.19. The van der Waals surface area contributed by atoms with Crippen molar-refractivity contribution in [2.75, 3.05) is 26.7 Å². The molecule has 0 atom stereocenters. The van der Waals surface area contributed by atoms with Crippen molar-refractivity contribution in [3.8, 4) is 11.5 Å². The second-order valence-electron chi connectivity index (χ2n) is 7.65. The van der Waals surface area contributed by atoms with Gasteiger partial charge in [-0.3, -0.25) is 4.79 Å². The minimum Gasteiger partial charge on any atom is -0.496 e. The van der Waals surface area contributed by atoms with E-state index in [2.05, 4.69) is 17.0 Å². The van der Waals surface area contributed by atoms with E-state index in [-0.39, 0.29) is 24.3 Å². The largest absolute Gasteiger partial charge is 0.496 e. The molecule has 4 nitrogen and oxygen atoms in total. The number of carbonyl (C=O) groups excluding carboxylic acids is 1. The second kappa shape index (κ2) is 10.9. The van der Waals surface area contributed by atoms with Gasteiger partial charge in [-0.1, -0.05) is 35.9 Å². The van der Waals surface area contributed by atoms with Crippen molar-refractivity contribution < 1.29 is 14.3 Å². The number of Topliss-reactive ketones (excluding diaryl/α,β-unsaturated/α-hetero) is 1. The highest BCUT2D eigenvalue weighted by atomic mass is 35.5. The van der Waals surface area contributed by atoms with E-state index in [4.69, 9.17) is 21.1 Å². The van der Waals surface area contributed by atoms with Gasteiger partial charge in [-0.15, -0.1) is 12.4 Å². The van der Waals surface area contributed by atoms with E-state index in [1.807, 2.05) is 24.3 Å². The first kappa shape index (κ1) is 23.4. The van der Waals surface area contributed by atoms with Crippen LogP contribution >= 0.6 is 24.0 Å². The summed E-state index contributed by atoms with van der Waals surface area (Å²) in [4.78, 5) is 14.7. The molecule has 0 radical (unpaired) electrons. The lowest BCUT2D eigenvalue weighted by Gasteiger charge is -2.32. The highest BCUT2D eigenvalue weighted by Gasteiger charge is 2.22. The summed E-state index contributed by atoms with van der Waals surface area (Å²) in [5.74, 6) is 1.93. The van der Waals surface area contributed by atoms with Crippen LogP contribution in [0.25, 0.3) is 10.8 Å². The molecule has 0 aromatic heterocycles. The molecule has 0 saturated carbocycles. The van der Waals surface area contributed by atoms with Crippen LogP contribution in [0.4, 0.5) is 0 Å². The molecule has 3 aromatic carbocycles. The number of hydrogen-bond acceptors (Lipinski definition) is 4. The molecule has 3 aromatic rings. The van der Waals surface area contributed by atoms with E-state index < -0.39 is 0 Å². The molecule has 0 N–H and O–H groups in total. The van der Waals surface area contributed by atoms with Crippen LogP contribution in [-0.2, 0) is 0 Å². The van der Waals surface area contributed by atoms with Crippen LogP contribution in [0, 0.1) is 0 Å². The fourth-order valence-electron chi connectivity index (χ4n) is 4.00. The minimum absolute atomic E-state index is 0. The number of nitrogens with zero attached hydrogens (tertiary/aromatic N) is 1. The Bertz CT molecular complexity index is 1010. The normalized spacial score (nSPS) is 14.8. The Morgan fingerprint density at radius 1 is 0.968 bits per heavy atom. The van der Waals surface area contributed by atoms with Gasteiger partial charge < -0.3 is 14.4 Å². The standard InChI is InChI=1S/C25H26ClNO3.ClH/c1-29-24-6-2-5-22-21(24)4-3-7-25(22)30-20-12-15-27(16-13-20)17-14-23(28)18-8-10-19(26)11-9-18;/h2-11,20H,12-17H2,1H3;1H. The molecule has 1 fully saturated rings. The van der Waals surface area contributed by atoms with Crippen molar-refractivity contribution >= 4 is 40.6 Å². The van der Waals surface area contributed by atoms with Gasteiger partial charge in [-0.25, -0.2) is 0 Å². The van der Waals surface area contributed by atoms with E-state index in [0.717, 1.165) is 60.3 Å². The molecule has 1 heterocycles. The summed E-state index contributed by atoms with van der Waals surface area (Å²) in [5, 5.41) is 2.79. The Morgan fingerprint density at radius 2 is 1.58 bits per heavy atom. The van der Waals surface area contributed by atoms with Crippen molar-refractivity contribution in [3.05, 3.63) is 71.2 Å². The summed E-state index contributed by atoms with van der Waals surface area (Å²) in [6, 6.07) is 19.3. The summed E-state index contributed by atoms with van der Waals surface area (Å²) in [6.07, 6.45) is 2.62. The van der Waals surface area contributed by atoms with Gasteiger partial charge in [0.1, 0.15) is 17.6 Å². The lowest BCUT2D eigenvalue weighted by Crippen LogP contribution is -2.39. The number of likely N-dealkylation sites (tertiary alicyclic amines) is 1. The van der Waals surface area contributed by atoms with Gasteiger partial charge in [-0.2, -0.15) is 0 Å². The molecule has 0 amide bonds. The van der Waals surface area contributed by atoms with Gasteiger partial charge in [-0.05, 0) is 49.2 Å². The van der Waals surface area contributed by atoms with E-state index >= 15 is 0 Å². The van der Waals surface area contributed by atoms with Gasteiger partial charge in [0.05, 0.1) is 7.11 Å². The molecule has 31 heavy (non-hydrogen) atoms. The third-order valence-corrected chi connectivity index (χ3v) is 5.96. The SMILES string of the molecule is COc1cccc2c(OC3CCN(CCC(=O)c4ccc(Cl)cc4)CC3)cccc12.Cl. The second-order valence-corrected chi connectivity index (χ2v) is 8.09. The van der Waals surface area contributed by atoms with Crippen LogP contribution in [0.15, 0.2) is 60.7 Å². The van der Waals surface area contributed by atoms with Crippen molar-refractivity contribution in [1.29, 1.82) is 0 Å². The molecule has 1 saturated heterocycles. The highest BCUT2D eigenvalue weighted by molar-refractivity contribution is 6.30. The van der Waals surface area contributed by atoms with Crippen LogP contribution in [0.1, 0.15) is 29.6 Å². The van der Waals surface area contributed by atoms with E-state index in [0.29, 0.717) is 11.4 Å². The topological polar surface area (TPSA) is 38.8 Å². The summed E-state index contributed by atoms with van der Waals surface area (Å²) in [6.45, 7) is 2.65. The number of ketones is 1. The van der Waals surface area contributed by atoms with Gasteiger partial charge in [0, 0.05) is 47.4 Å². The number of methoxy groups -OCH3 is 1. The van der Waals surface area contributed by atoms with Crippen LogP contribution in [0.3, 0.4) is 0 Å². The maximum absolute atomic E-state index is 12.4. The van der Waals surface area contributed by atoms with Gasteiger partial charge in [0.15, 0.2) is 5.78 Å². The third-order valence-electron chi connectivity index (χ3n) is 5.71. The average Bonchev–Trinajstić information content (AvgIpc) is 2.78. The number of piperidine rings is 1. The summed E-state index contributed by atoms with van der Waals surface area (Å²) < 4.78 is 11.8. The molecule has 0 aliphatic carbocycles. The molecule has 6 heteroatoms. The molecule has 0 spiro atoms. The first-order valence-corrected chi connectivity index (χ1v) is 10.8. The monoisotopic (exact) mass is 459 g/mol. The molecule has 1 aliphatic heterocycles. The van der Waals surface area contributed by atoms with Crippen LogP contribution in [0.2, 0.25) is 5.02 Å². The number of carbonyl (C=O) groups is 1. The summed E-state index contributed by atoms with van der Waals surface area (Å²) >= 11 is 5.90. The molecular weight excluding hydrogens is 433 g/mol. The predicted octanol–water partition coefficient (Wildman–Crippen LogP) is 6.04. The molecule has 4 rings (SSSR count). The smallest absolute Gasteiger partial charge is 0.164 e. The molecule has 1 aliphatic rings. The fourth-order valence-corrected chi connectivity index (χ4v) is 4.13. The number of rotatable bonds is 7. The van der Waals surface area contributed by atoms with E-state index in [9.17, 15) is 4.79 Å². The summed E-state index contributed by atoms with van der Waals surface area (Å²) in [7, 11) is 1.69. The number of fused-ring (bicyclic) bond motifs is 1.